The number of benzene rings is 3. The van der Waals surface area contributed by atoms with Crippen molar-refractivity contribution in [1.82, 2.24) is 4.98 Å². The van der Waals surface area contributed by atoms with Gasteiger partial charge in [-0.1, -0.05) is 66.5 Å². The number of rotatable bonds is 5. The molecule has 3 nitrogen and oxygen atoms in total. The van der Waals surface area contributed by atoms with Crippen LogP contribution < -0.4 is 4.90 Å². The summed E-state index contributed by atoms with van der Waals surface area (Å²) in [5.41, 5.74) is 3.88. The standard InChI is InChI=1S/C28H20N3.Pt/c1-4-12-22(13-5-1)25-18-10-20-27(29-25)31(24-16-8-3-9-17-24)28-21-11-19-26(30-28)23-14-6-2-7-15-23;/h1-12,14,16-21,25H;/q-3;. The zero-order valence-electron chi connectivity index (χ0n) is 17.2. The fraction of sp³-hybridized carbons (Fsp3) is 0.0357. The molecule has 1 aromatic heterocycles. The van der Waals surface area contributed by atoms with Crippen molar-refractivity contribution in [1.29, 1.82) is 0 Å². The Hall–Kier alpha value is -3.42. The summed E-state index contributed by atoms with van der Waals surface area (Å²) in [5.74, 6) is 1.64. The second-order valence-electron chi connectivity index (χ2n) is 7.13. The second-order valence-corrected chi connectivity index (χ2v) is 7.13. The Kier molecular flexibility index (Phi) is 6.99. The van der Waals surface area contributed by atoms with Crippen LogP contribution in [0, 0.1) is 12.1 Å². The van der Waals surface area contributed by atoms with E-state index in [1.807, 2.05) is 84.9 Å². The van der Waals surface area contributed by atoms with Crippen molar-refractivity contribution in [3.63, 3.8) is 0 Å². The first-order valence-corrected chi connectivity index (χ1v) is 10.2. The molecule has 5 rings (SSSR count). The third-order valence-electron chi connectivity index (χ3n) is 5.05. The number of nitrogens with zero attached hydrogens (tertiary/aromatic N) is 3. The summed E-state index contributed by atoms with van der Waals surface area (Å²) in [4.78, 5) is 7.04. The number of anilines is 2. The first-order chi connectivity index (χ1) is 15.4. The molecule has 0 fully saturated rings. The van der Waals surface area contributed by atoms with E-state index in [1.54, 1.807) is 0 Å². The van der Waals surface area contributed by atoms with Crippen LogP contribution in [0.5, 0.6) is 0 Å². The van der Waals surface area contributed by atoms with Crippen molar-refractivity contribution in [2.45, 2.75) is 6.04 Å². The quantitative estimate of drug-likeness (QED) is 0.233. The molecule has 1 atom stereocenters. The maximum atomic E-state index is 5.03. The molecule has 4 aromatic rings. The molecule has 2 heterocycles. The third kappa shape index (κ3) is 4.74. The molecule has 1 unspecified atom stereocenters. The smallest absolute Gasteiger partial charge is 0.0440 e. The van der Waals surface area contributed by atoms with E-state index in [0.717, 1.165) is 34.1 Å². The van der Waals surface area contributed by atoms with Crippen LogP contribution in [-0.2, 0) is 21.1 Å². The predicted octanol–water partition coefficient (Wildman–Crippen LogP) is 7.01. The SMILES string of the molecule is [Pt].[c-]1ccccc1-c1cccc(N(C2=CC=CC(c3[c-]cccc3)[N-]2)c2ccccc2)n1. The Bertz CT molecular complexity index is 1210. The van der Waals surface area contributed by atoms with Crippen LogP contribution in [0.2, 0.25) is 0 Å². The molecule has 32 heavy (non-hydrogen) atoms. The molecule has 0 amide bonds. The fourth-order valence-electron chi connectivity index (χ4n) is 3.58. The number of pyridine rings is 1. The minimum Gasteiger partial charge on any atom is -0.456 e. The molecular formula is C28H20N3Pt-3. The van der Waals surface area contributed by atoms with Gasteiger partial charge in [0.25, 0.3) is 0 Å². The van der Waals surface area contributed by atoms with E-state index < -0.39 is 0 Å². The van der Waals surface area contributed by atoms with Gasteiger partial charge in [-0.25, -0.2) is 0 Å². The Morgan fingerprint density at radius 3 is 2.31 bits per heavy atom. The van der Waals surface area contributed by atoms with Gasteiger partial charge in [0.15, 0.2) is 0 Å². The number of hydrogen-bond acceptors (Lipinski definition) is 2. The van der Waals surface area contributed by atoms with Gasteiger partial charge in [-0.3, -0.25) is 0 Å². The molecule has 0 N–H and O–H groups in total. The molecule has 0 radical (unpaired) electrons. The Labute approximate surface area is 203 Å². The number of hydrogen-bond donors (Lipinski definition) is 0. The second kappa shape index (κ2) is 10.3. The molecule has 0 spiro atoms. The van der Waals surface area contributed by atoms with Crippen LogP contribution in [0.3, 0.4) is 0 Å². The summed E-state index contributed by atoms with van der Waals surface area (Å²) in [6.45, 7) is 0. The average molecular weight is 594 g/mol. The maximum absolute atomic E-state index is 5.03. The molecule has 0 saturated carbocycles. The number of allylic oxidation sites excluding steroid dienone is 2. The molecule has 3 aromatic carbocycles. The summed E-state index contributed by atoms with van der Waals surface area (Å²) in [6, 6.07) is 38.6. The van der Waals surface area contributed by atoms with Crippen molar-refractivity contribution in [2.24, 2.45) is 0 Å². The predicted molar refractivity (Wildman–Crippen MR) is 126 cm³/mol. The van der Waals surface area contributed by atoms with Crippen molar-refractivity contribution >= 4 is 11.5 Å². The molecule has 0 aliphatic carbocycles. The fourth-order valence-corrected chi connectivity index (χ4v) is 3.58. The third-order valence-corrected chi connectivity index (χ3v) is 5.05. The van der Waals surface area contributed by atoms with E-state index in [4.69, 9.17) is 10.3 Å². The minimum absolute atomic E-state index is 0. The molecule has 0 bridgehead atoms. The van der Waals surface area contributed by atoms with Gasteiger partial charge in [-0.15, -0.1) is 35.9 Å². The van der Waals surface area contributed by atoms with E-state index in [0.29, 0.717) is 0 Å². The zero-order chi connectivity index (χ0) is 20.9. The number of aromatic nitrogens is 1. The van der Waals surface area contributed by atoms with Crippen LogP contribution in [-0.4, -0.2) is 4.98 Å². The normalized spacial score (nSPS) is 14.6. The van der Waals surface area contributed by atoms with Gasteiger partial charge in [0.05, 0.1) is 0 Å². The largest absolute Gasteiger partial charge is 0.456 e. The van der Waals surface area contributed by atoms with E-state index in [-0.39, 0.29) is 27.1 Å². The van der Waals surface area contributed by atoms with Crippen LogP contribution in [0.4, 0.5) is 11.5 Å². The molecular weight excluding hydrogens is 573 g/mol. The summed E-state index contributed by atoms with van der Waals surface area (Å²) >= 11 is 0. The number of para-hydroxylation sites is 1. The van der Waals surface area contributed by atoms with Gasteiger partial charge in [-0.2, -0.15) is 35.9 Å². The zero-order valence-corrected chi connectivity index (χ0v) is 19.5. The topological polar surface area (TPSA) is 30.2 Å². The van der Waals surface area contributed by atoms with Crippen molar-refractivity contribution in [3.8, 4) is 11.3 Å². The van der Waals surface area contributed by atoms with Crippen molar-refractivity contribution < 1.29 is 21.1 Å². The van der Waals surface area contributed by atoms with Crippen molar-refractivity contribution in [2.75, 3.05) is 4.90 Å². The van der Waals surface area contributed by atoms with E-state index in [1.165, 1.54) is 0 Å². The van der Waals surface area contributed by atoms with Crippen LogP contribution in [0.1, 0.15) is 11.6 Å². The first-order valence-electron chi connectivity index (χ1n) is 10.2. The Balaban J connectivity index is 0.00000245. The van der Waals surface area contributed by atoms with Gasteiger partial charge in [0, 0.05) is 26.9 Å². The van der Waals surface area contributed by atoms with Gasteiger partial charge >= 0.3 is 0 Å². The van der Waals surface area contributed by atoms with Gasteiger partial charge < -0.3 is 15.2 Å². The Morgan fingerprint density at radius 2 is 1.56 bits per heavy atom. The summed E-state index contributed by atoms with van der Waals surface area (Å²) in [6.07, 6.45) is 6.16. The molecule has 0 saturated heterocycles. The van der Waals surface area contributed by atoms with Gasteiger partial charge in [0.1, 0.15) is 0 Å². The monoisotopic (exact) mass is 593 g/mol. The molecule has 4 heteroatoms. The maximum Gasteiger partial charge on any atom is 0.0440 e. The summed E-state index contributed by atoms with van der Waals surface area (Å²) < 4.78 is 0. The van der Waals surface area contributed by atoms with E-state index >= 15 is 0 Å². The summed E-state index contributed by atoms with van der Waals surface area (Å²) in [5, 5.41) is 5.03. The summed E-state index contributed by atoms with van der Waals surface area (Å²) in [7, 11) is 0. The van der Waals surface area contributed by atoms with Crippen molar-refractivity contribution in [3.05, 3.63) is 144 Å². The van der Waals surface area contributed by atoms with Gasteiger partial charge in [0.2, 0.25) is 0 Å². The first kappa shape index (κ1) is 21.8. The van der Waals surface area contributed by atoms with Crippen LogP contribution in [0.25, 0.3) is 16.6 Å². The molecule has 160 valence electrons. The van der Waals surface area contributed by atoms with Crippen LogP contribution >= 0.6 is 0 Å². The van der Waals surface area contributed by atoms with Gasteiger partial charge in [-0.05, 0) is 23.5 Å². The van der Waals surface area contributed by atoms with E-state index in [2.05, 4.69) is 47.4 Å². The Morgan fingerprint density at radius 1 is 0.781 bits per heavy atom. The minimum atomic E-state index is -0.0851. The molecule has 1 aliphatic rings. The molecule has 1 aliphatic heterocycles. The van der Waals surface area contributed by atoms with E-state index in [9.17, 15) is 0 Å². The average Bonchev–Trinajstić information content (AvgIpc) is 2.86. The van der Waals surface area contributed by atoms with Crippen LogP contribution in [0.15, 0.2) is 121 Å².